The molecule has 0 N–H and O–H groups in total. The average Bonchev–Trinajstić information content (AvgIpc) is 2.73. The van der Waals surface area contributed by atoms with Crippen LogP contribution < -0.4 is 8.63 Å². The number of fused-ring (bicyclic) bond motifs is 1. The number of hydrogen-bond donors (Lipinski definition) is 0. The fourth-order valence-corrected chi connectivity index (χ4v) is 6.46. The lowest BCUT2D eigenvalue weighted by Crippen LogP contribution is -2.57. The first-order valence-corrected chi connectivity index (χ1v) is 10.9. The number of methoxy groups -OCH3 is 1. The summed E-state index contributed by atoms with van der Waals surface area (Å²) in [5, 5.41) is 1.02. The Hall–Kier alpha value is -2.15. The Labute approximate surface area is 170 Å². The van der Waals surface area contributed by atoms with Gasteiger partial charge in [-0.3, -0.25) is 4.98 Å². The van der Waals surface area contributed by atoms with Gasteiger partial charge in [0, 0.05) is 30.5 Å². The zero-order chi connectivity index (χ0) is 19.8. The minimum Gasteiger partial charge on any atom is -0.494 e. The number of aromatic nitrogens is 1. The fourth-order valence-electron chi connectivity index (χ4n) is 3.95. The van der Waals surface area contributed by atoms with E-state index in [0.717, 1.165) is 0 Å². The largest absolute Gasteiger partial charge is 0.494 e. The summed E-state index contributed by atoms with van der Waals surface area (Å²) in [7, 11) is -2.26. The van der Waals surface area contributed by atoms with Gasteiger partial charge in [-0.1, -0.05) is 23.7 Å². The van der Waals surface area contributed by atoms with E-state index in [1.54, 1.807) is 43.6 Å². The van der Waals surface area contributed by atoms with Crippen LogP contribution in [0.3, 0.4) is 0 Å². The summed E-state index contributed by atoms with van der Waals surface area (Å²) in [6.45, 7) is 0.889. The van der Waals surface area contributed by atoms with Crippen LogP contribution in [0.2, 0.25) is 5.02 Å². The number of pyridine rings is 1. The number of ether oxygens (including phenoxy) is 1. The Bertz CT molecular complexity index is 1130. The maximum Gasteiger partial charge on any atom is 0.332 e. The number of benzene rings is 2. The second kappa shape index (κ2) is 7.35. The molecule has 0 aliphatic carbocycles. The molecule has 5 nitrogen and oxygen atoms in total. The Morgan fingerprint density at radius 2 is 1.79 bits per heavy atom. The number of para-hydroxylation sites is 1. The molecule has 2 aromatic carbocycles. The van der Waals surface area contributed by atoms with Crippen LogP contribution >= 0.6 is 11.6 Å². The van der Waals surface area contributed by atoms with E-state index in [9.17, 15) is 8.42 Å². The first-order chi connectivity index (χ1) is 13.5. The summed E-state index contributed by atoms with van der Waals surface area (Å²) in [4.78, 5) is 4.60. The smallest absolute Gasteiger partial charge is 0.332 e. The number of piperidine rings is 1. The van der Waals surface area contributed by atoms with Gasteiger partial charge in [0.05, 0.1) is 20.2 Å². The fraction of sp³-hybridized carbons (Fsp3) is 0.238. The molecule has 0 spiro atoms. The van der Waals surface area contributed by atoms with Crippen molar-refractivity contribution in [2.75, 3.05) is 20.2 Å². The molecule has 0 atom stereocenters. The number of quaternary nitrogens is 1. The molecule has 7 heteroatoms. The van der Waals surface area contributed by atoms with E-state index in [4.69, 9.17) is 16.3 Å². The third-order valence-electron chi connectivity index (χ3n) is 5.33. The van der Waals surface area contributed by atoms with Crippen LogP contribution in [0.4, 0.5) is 5.69 Å². The van der Waals surface area contributed by atoms with Crippen LogP contribution in [0.15, 0.2) is 59.6 Å². The quantitative estimate of drug-likeness (QED) is 0.583. The molecule has 0 saturated carbocycles. The van der Waals surface area contributed by atoms with Gasteiger partial charge < -0.3 is 4.74 Å². The van der Waals surface area contributed by atoms with Crippen molar-refractivity contribution in [2.45, 2.75) is 17.7 Å². The highest BCUT2D eigenvalue weighted by molar-refractivity contribution is 7.91. The molecule has 1 saturated heterocycles. The van der Waals surface area contributed by atoms with Crippen molar-refractivity contribution in [3.05, 3.63) is 66.2 Å². The van der Waals surface area contributed by atoms with Gasteiger partial charge in [0.1, 0.15) is 21.2 Å². The van der Waals surface area contributed by atoms with Gasteiger partial charge in [-0.15, -0.1) is 0 Å². The minimum atomic E-state index is -3.81. The van der Waals surface area contributed by atoms with E-state index in [-0.39, 0.29) is 8.78 Å². The maximum atomic E-state index is 14.1. The van der Waals surface area contributed by atoms with Gasteiger partial charge >= 0.3 is 10.0 Å². The van der Waals surface area contributed by atoms with Crippen LogP contribution in [0.1, 0.15) is 12.8 Å². The molecule has 0 unspecified atom stereocenters. The van der Waals surface area contributed by atoms with E-state index in [2.05, 4.69) is 11.4 Å². The predicted octanol–water partition coefficient (Wildman–Crippen LogP) is 4.59. The zero-order valence-electron chi connectivity index (χ0n) is 15.5. The summed E-state index contributed by atoms with van der Waals surface area (Å²) >= 11 is 6.48. The third-order valence-corrected chi connectivity index (χ3v) is 8.04. The van der Waals surface area contributed by atoms with Gasteiger partial charge in [0.2, 0.25) is 0 Å². The highest BCUT2D eigenvalue weighted by atomic mass is 35.5. The average molecular weight is 417 g/mol. The Morgan fingerprint density at radius 1 is 1.04 bits per heavy atom. The van der Waals surface area contributed by atoms with E-state index in [1.807, 2.05) is 18.2 Å². The van der Waals surface area contributed by atoms with Crippen LogP contribution in [0.5, 0.6) is 5.75 Å². The molecule has 0 amide bonds. The Morgan fingerprint density at radius 3 is 2.50 bits per heavy atom. The van der Waals surface area contributed by atoms with Crippen molar-refractivity contribution in [3.8, 4) is 5.75 Å². The molecule has 1 radical (unpaired) electrons. The molecular weight excluding hydrogens is 396 g/mol. The third kappa shape index (κ3) is 2.87. The lowest BCUT2D eigenvalue weighted by molar-refractivity contribution is 0.378. The van der Waals surface area contributed by atoms with Crippen molar-refractivity contribution < 1.29 is 13.2 Å². The second-order valence-electron chi connectivity index (χ2n) is 6.79. The van der Waals surface area contributed by atoms with Crippen molar-refractivity contribution in [3.63, 3.8) is 0 Å². The molecule has 28 heavy (non-hydrogen) atoms. The maximum absolute atomic E-state index is 14.1. The first-order valence-electron chi connectivity index (χ1n) is 9.12. The predicted molar refractivity (Wildman–Crippen MR) is 112 cm³/mol. The summed E-state index contributed by atoms with van der Waals surface area (Å²) in [5.41, 5.74) is 1.15. The molecule has 0 bridgehead atoms. The lowest BCUT2D eigenvalue weighted by Gasteiger charge is -2.39. The van der Waals surface area contributed by atoms with E-state index in [1.165, 1.54) is 0 Å². The van der Waals surface area contributed by atoms with E-state index in [0.29, 0.717) is 53.3 Å². The molecule has 4 rings (SSSR count). The van der Waals surface area contributed by atoms with Gasteiger partial charge in [-0.05, 0) is 36.8 Å². The SMILES string of the molecule is COc1ccc(S(=O)(=O)[N+]2(c3ccccc3Cl)CC[CH]CC2)c2cccnc12. The molecule has 145 valence electrons. The summed E-state index contributed by atoms with van der Waals surface area (Å²) in [6, 6.07) is 14.0. The summed E-state index contributed by atoms with van der Waals surface area (Å²) in [5.74, 6) is 0.547. The van der Waals surface area contributed by atoms with Crippen molar-refractivity contribution in [1.29, 1.82) is 0 Å². The lowest BCUT2D eigenvalue weighted by atomic mass is 10.1. The first kappa shape index (κ1) is 19.2. The molecule has 1 aliphatic heterocycles. The molecule has 3 aromatic rings. The number of sulfonamides is 1. The monoisotopic (exact) mass is 416 g/mol. The highest BCUT2D eigenvalue weighted by Gasteiger charge is 2.48. The van der Waals surface area contributed by atoms with Gasteiger partial charge in [-0.25, -0.2) is 0 Å². The zero-order valence-corrected chi connectivity index (χ0v) is 17.1. The Balaban J connectivity index is 2.01. The second-order valence-corrected chi connectivity index (χ2v) is 9.29. The van der Waals surface area contributed by atoms with Gasteiger partial charge in [0.25, 0.3) is 0 Å². The van der Waals surface area contributed by atoms with Crippen LogP contribution in [0.25, 0.3) is 10.9 Å². The molecule has 2 heterocycles. The summed E-state index contributed by atoms with van der Waals surface area (Å²) < 4.78 is 33.4. The van der Waals surface area contributed by atoms with E-state index < -0.39 is 10.0 Å². The normalized spacial score (nSPS) is 16.8. The standard InChI is InChI=1S/C21H21ClN2O3S/c1-27-19-11-12-20(16-8-7-13-23-21(16)19)28(25,26)24(14-5-2-6-15-24)18-10-4-3-9-17(18)22/h2-4,7-13H,5-6,14-15H2,1H3/q+1. The topological polar surface area (TPSA) is 56.3 Å². The number of hydrogen-bond acceptors (Lipinski definition) is 4. The molecule has 1 aromatic heterocycles. The van der Waals surface area contributed by atoms with Crippen molar-refractivity contribution in [2.24, 2.45) is 0 Å². The van der Waals surface area contributed by atoms with Crippen LogP contribution in [0, 0.1) is 6.42 Å². The van der Waals surface area contributed by atoms with Crippen LogP contribution in [-0.4, -0.2) is 33.6 Å². The van der Waals surface area contributed by atoms with Crippen molar-refractivity contribution >= 4 is 38.2 Å². The number of halogens is 1. The molecular formula is C21H21ClN2O3S+. The van der Waals surface area contributed by atoms with Gasteiger partial charge in [0.15, 0.2) is 5.69 Å². The highest BCUT2D eigenvalue weighted by Crippen LogP contribution is 2.42. The molecule has 1 aliphatic rings. The minimum absolute atomic E-state index is 0.195. The van der Waals surface area contributed by atoms with Gasteiger partial charge in [-0.2, -0.15) is 12.3 Å². The number of rotatable bonds is 4. The number of nitrogens with zero attached hydrogens (tertiary/aromatic N) is 2. The Kier molecular flexibility index (Phi) is 5.04. The molecule has 1 fully saturated rings. The summed E-state index contributed by atoms with van der Waals surface area (Å²) in [6.07, 6.45) is 5.18. The van der Waals surface area contributed by atoms with Crippen LogP contribution in [-0.2, 0) is 10.0 Å². The van der Waals surface area contributed by atoms with E-state index >= 15 is 0 Å². The van der Waals surface area contributed by atoms with Crippen molar-refractivity contribution in [1.82, 2.24) is 8.87 Å².